The topological polar surface area (TPSA) is 74.5 Å². The fourth-order valence-corrected chi connectivity index (χ4v) is 2.28. The number of benzene rings is 2. The van der Waals surface area contributed by atoms with Crippen LogP contribution in [0.25, 0.3) is 6.08 Å². The minimum Gasteiger partial charge on any atom is -0.484 e. The maximum Gasteiger partial charge on any atom is 0.416 e. The lowest BCUT2D eigenvalue weighted by molar-refractivity contribution is -0.137. The Morgan fingerprint density at radius 1 is 1.14 bits per heavy atom. The van der Waals surface area contributed by atoms with Crippen molar-refractivity contribution >= 4 is 12.0 Å². The average molecular weight is 404 g/mol. The Morgan fingerprint density at radius 3 is 2.52 bits per heavy atom. The smallest absolute Gasteiger partial charge is 0.416 e. The molecule has 3 rings (SSSR count). The van der Waals surface area contributed by atoms with E-state index in [2.05, 4.69) is 10.1 Å². The fourth-order valence-electron chi connectivity index (χ4n) is 2.28. The maximum absolute atomic E-state index is 12.7. The Hall–Kier alpha value is -3.62. The summed E-state index contributed by atoms with van der Waals surface area (Å²) >= 11 is 0. The summed E-state index contributed by atoms with van der Waals surface area (Å²) in [4.78, 5) is 15.9. The lowest BCUT2D eigenvalue weighted by Gasteiger charge is -2.07. The number of hydrogen-bond acceptors (Lipinski definition) is 6. The summed E-state index contributed by atoms with van der Waals surface area (Å²) in [6, 6.07) is 10.8. The highest BCUT2D eigenvalue weighted by molar-refractivity contribution is 5.88. The molecule has 0 saturated heterocycles. The predicted octanol–water partition coefficient (Wildman–Crippen LogP) is 4.59. The van der Waals surface area contributed by atoms with Crippen LogP contribution in [0.15, 0.2) is 59.1 Å². The van der Waals surface area contributed by atoms with Crippen molar-refractivity contribution in [1.29, 1.82) is 0 Å². The molecule has 6 nitrogen and oxygen atoms in total. The standard InChI is InChI=1S/C20H15F3N2O4/c1-13-24-18(29-25-13)12-27-16-6-8-17(9-7-16)28-19(26)10-5-14-3-2-4-15(11-14)20(21,22)23/h2-11H,12H2,1H3/b10-5+. The van der Waals surface area contributed by atoms with Crippen LogP contribution in [0.1, 0.15) is 22.8 Å². The quantitative estimate of drug-likeness (QED) is 0.340. The van der Waals surface area contributed by atoms with Gasteiger partial charge < -0.3 is 14.0 Å². The highest BCUT2D eigenvalue weighted by Gasteiger charge is 2.30. The van der Waals surface area contributed by atoms with Gasteiger partial charge in [0.2, 0.25) is 0 Å². The molecular weight excluding hydrogens is 389 g/mol. The highest BCUT2D eigenvalue weighted by Crippen LogP contribution is 2.29. The fraction of sp³-hybridized carbons (Fsp3) is 0.150. The van der Waals surface area contributed by atoms with Crippen molar-refractivity contribution in [2.24, 2.45) is 0 Å². The van der Waals surface area contributed by atoms with Gasteiger partial charge in [0, 0.05) is 6.08 Å². The number of carbonyl (C=O) groups is 1. The summed E-state index contributed by atoms with van der Waals surface area (Å²) in [7, 11) is 0. The third-order valence-corrected chi connectivity index (χ3v) is 3.60. The number of nitrogens with zero attached hydrogens (tertiary/aromatic N) is 2. The van der Waals surface area contributed by atoms with Crippen molar-refractivity contribution in [3.63, 3.8) is 0 Å². The molecule has 0 fully saturated rings. The first-order chi connectivity index (χ1) is 13.8. The third-order valence-electron chi connectivity index (χ3n) is 3.60. The molecule has 0 bridgehead atoms. The van der Waals surface area contributed by atoms with Gasteiger partial charge >= 0.3 is 12.1 Å². The van der Waals surface area contributed by atoms with Crippen LogP contribution >= 0.6 is 0 Å². The van der Waals surface area contributed by atoms with Gasteiger partial charge in [-0.2, -0.15) is 18.2 Å². The molecule has 0 amide bonds. The Labute approximate surface area is 163 Å². The molecule has 0 aliphatic carbocycles. The predicted molar refractivity (Wildman–Crippen MR) is 95.9 cm³/mol. The van der Waals surface area contributed by atoms with E-state index in [9.17, 15) is 18.0 Å². The summed E-state index contributed by atoms with van der Waals surface area (Å²) in [5.74, 6) is 0.865. The molecule has 9 heteroatoms. The van der Waals surface area contributed by atoms with Crippen LogP contribution in [0.4, 0.5) is 13.2 Å². The molecule has 1 aromatic heterocycles. The molecule has 0 spiro atoms. The first-order valence-corrected chi connectivity index (χ1v) is 8.39. The van der Waals surface area contributed by atoms with E-state index < -0.39 is 17.7 Å². The summed E-state index contributed by atoms with van der Waals surface area (Å²) < 4.78 is 53.6. The Morgan fingerprint density at radius 2 is 1.86 bits per heavy atom. The zero-order chi connectivity index (χ0) is 20.9. The third kappa shape index (κ3) is 5.93. The van der Waals surface area contributed by atoms with E-state index in [0.29, 0.717) is 17.5 Å². The Bertz CT molecular complexity index is 1010. The number of halogens is 3. The van der Waals surface area contributed by atoms with E-state index in [4.69, 9.17) is 14.0 Å². The summed E-state index contributed by atoms with van der Waals surface area (Å²) in [5, 5.41) is 3.65. The van der Waals surface area contributed by atoms with Gasteiger partial charge in [0.15, 0.2) is 12.4 Å². The van der Waals surface area contributed by atoms with Gasteiger partial charge in [-0.25, -0.2) is 4.79 Å². The second kappa shape index (κ2) is 8.59. The first kappa shape index (κ1) is 20.1. The van der Waals surface area contributed by atoms with Gasteiger partial charge in [-0.3, -0.25) is 0 Å². The van der Waals surface area contributed by atoms with Crippen molar-refractivity contribution in [1.82, 2.24) is 10.1 Å². The van der Waals surface area contributed by atoms with Crippen molar-refractivity contribution in [3.8, 4) is 11.5 Å². The maximum atomic E-state index is 12.7. The Balaban J connectivity index is 1.54. The van der Waals surface area contributed by atoms with Crippen molar-refractivity contribution in [3.05, 3.63) is 77.4 Å². The minimum atomic E-state index is -4.45. The zero-order valence-electron chi connectivity index (χ0n) is 15.1. The number of rotatable bonds is 6. The SMILES string of the molecule is Cc1noc(COc2ccc(OC(=O)/C=C/c3cccc(C(F)(F)F)c3)cc2)n1. The second-order valence-corrected chi connectivity index (χ2v) is 5.87. The van der Waals surface area contributed by atoms with Crippen LogP contribution in [0, 0.1) is 6.92 Å². The molecule has 29 heavy (non-hydrogen) atoms. The number of hydrogen-bond donors (Lipinski definition) is 0. The molecule has 0 radical (unpaired) electrons. The van der Waals surface area contributed by atoms with Crippen LogP contribution in [-0.2, 0) is 17.6 Å². The molecule has 2 aromatic carbocycles. The van der Waals surface area contributed by atoms with Crippen LogP contribution in [-0.4, -0.2) is 16.1 Å². The van der Waals surface area contributed by atoms with E-state index in [1.165, 1.54) is 30.3 Å². The molecule has 0 atom stereocenters. The van der Waals surface area contributed by atoms with Gasteiger partial charge in [0.25, 0.3) is 5.89 Å². The molecule has 0 N–H and O–H groups in total. The van der Waals surface area contributed by atoms with Gasteiger partial charge in [0.05, 0.1) is 5.56 Å². The van der Waals surface area contributed by atoms with E-state index >= 15 is 0 Å². The second-order valence-electron chi connectivity index (χ2n) is 5.87. The van der Waals surface area contributed by atoms with Gasteiger partial charge in [0.1, 0.15) is 11.5 Å². The van der Waals surface area contributed by atoms with E-state index in [1.54, 1.807) is 19.1 Å². The largest absolute Gasteiger partial charge is 0.484 e. The number of esters is 1. The lowest BCUT2D eigenvalue weighted by Crippen LogP contribution is -2.05. The van der Waals surface area contributed by atoms with Crippen LogP contribution in [0.2, 0.25) is 0 Å². The van der Waals surface area contributed by atoms with Crippen LogP contribution in [0.3, 0.4) is 0 Å². The van der Waals surface area contributed by atoms with Crippen LogP contribution < -0.4 is 9.47 Å². The van der Waals surface area contributed by atoms with Gasteiger partial charge in [-0.1, -0.05) is 17.3 Å². The van der Waals surface area contributed by atoms with Crippen molar-refractivity contribution < 1.29 is 32.0 Å². The van der Waals surface area contributed by atoms with Crippen LogP contribution in [0.5, 0.6) is 11.5 Å². The molecule has 0 unspecified atom stereocenters. The van der Waals surface area contributed by atoms with Crippen molar-refractivity contribution in [2.75, 3.05) is 0 Å². The van der Waals surface area contributed by atoms with E-state index in [-0.39, 0.29) is 17.9 Å². The molecule has 1 heterocycles. The van der Waals surface area contributed by atoms with Crippen molar-refractivity contribution in [2.45, 2.75) is 19.7 Å². The molecule has 0 aliphatic rings. The van der Waals surface area contributed by atoms with Gasteiger partial charge in [-0.05, 0) is 55.0 Å². The molecule has 3 aromatic rings. The average Bonchev–Trinajstić information content (AvgIpc) is 3.11. The summed E-state index contributed by atoms with van der Waals surface area (Å²) in [5.41, 5.74) is -0.559. The van der Waals surface area contributed by atoms with E-state index in [0.717, 1.165) is 18.2 Å². The zero-order valence-corrected chi connectivity index (χ0v) is 15.1. The minimum absolute atomic E-state index is 0.0969. The first-order valence-electron chi connectivity index (χ1n) is 8.39. The van der Waals surface area contributed by atoms with E-state index in [1.807, 2.05) is 0 Å². The van der Waals surface area contributed by atoms with Gasteiger partial charge in [-0.15, -0.1) is 0 Å². The summed E-state index contributed by atoms with van der Waals surface area (Å²) in [6.07, 6.45) is -2.14. The Kier molecular flexibility index (Phi) is 5.96. The number of aryl methyl sites for hydroxylation is 1. The monoisotopic (exact) mass is 404 g/mol. The number of alkyl halides is 3. The number of aromatic nitrogens is 2. The number of carbonyl (C=O) groups excluding carboxylic acids is 1. The molecule has 150 valence electrons. The lowest BCUT2D eigenvalue weighted by atomic mass is 10.1. The molecule has 0 aliphatic heterocycles. The molecule has 0 saturated carbocycles. The summed E-state index contributed by atoms with van der Waals surface area (Å²) in [6.45, 7) is 1.79. The number of ether oxygens (including phenoxy) is 2. The normalized spacial score (nSPS) is 11.6. The highest BCUT2D eigenvalue weighted by atomic mass is 19.4. The molecular formula is C20H15F3N2O4.